The summed E-state index contributed by atoms with van der Waals surface area (Å²) in [6, 6.07) is 0.317. The lowest BCUT2D eigenvalue weighted by molar-refractivity contribution is 0.129. The highest BCUT2D eigenvalue weighted by molar-refractivity contribution is 5.46. The van der Waals surface area contributed by atoms with Crippen LogP contribution < -0.4 is 10.7 Å². The summed E-state index contributed by atoms with van der Waals surface area (Å²) in [7, 11) is 0. The fourth-order valence-electron chi connectivity index (χ4n) is 1.37. The largest absolute Gasteiger partial charge is 0.324 e. The number of nitrogens with zero attached hydrogens (tertiary/aromatic N) is 1. The standard InChI is InChI=1S/C8H14N3O/c1-2-3-8-6-9-4-5-11(8)10-7-12/h2,8-9H,1,3-6H2,(H,10,12). The molecule has 0 bridgehead atoms. The minimum absolute atomic E-state index is 0.317. The van der Waals surface area contributed by atoms with E-state index in [1.54, 1.807) is 6.41 Å². The first-order valence-corrected chi connectivity index (χ1v) is 4.09. The Balaban J connectivity index is 2.41. The summed E-state index contributed by atoms with van der Waals surface area (Å²) in [5.41, 5.74) is 2.56. The lowest BCUT2D eigenvalue weighted by Crippen LogP contribution is -2.56. The van der Waals surface area contributed by atoms with Crippen LogP contribution in [0.25, 0.3) is 0 Å². The van der Waals surface area contributed by atoms with Crippen LogP contribution in [-0.2, 0) is 4.79 Å². The number of amides is 1. The van der Waals surface area contributed by atoms with E-state index >= 15 is 0 Å². The number of nitrogens with one attached hydrogen (secondary N) is 2. The van der Waals surface area contributed by atoms with Crippen LogP contribution in [-0.4, -0.2) is 37.1 Å². The van der Waals surface area contributed by atoms with Gasteiger partial charge in [-0.2, -0.15) is 0 Å². The second-order valence-electron chi connectivity index (χ2n) is 2.79. The smallest absolute Gasteiger partial charge is 0.314 e. The molecule has 1 aliphatic heterocycles. The Labute approximate surface area is 72.6 Å². The summed E-state index contributed by atoms with van der Waals surface area (Å²) < 4.78 is 0. The molecule has 4 nitrogen and oxygen atoms in total. The third-order valence-electron chi connectivity index (χ3n) is 1.98. The van der Waals surface area contributed by atoms with Crippen LogP contribution in [0.4, 0.5) is 0 Å². The average molecular weight is 168 g/mol. The summed E-state index contributed by atoms with van der Waals surface area (Å²) in [6.07, 6.45) is 4.42. The van der Waals surface area contributed by atoms with E-state index in [0.29, 0.717) is 6.04 Å². The molecule has 67 valence electrons. The third kappa shape index (κ3) is 2.32. The zero-order valence-electron chi connectivity index (χ0n) is 7.05. The lowest BCUT2D eigenvalue weighted by Gasteiger charge is -2.34. The molecule has 1 saturated heterocycles. The second kappa shape index (κ2) is 4.90. The first kappa shape index (κ1) is 9.22. The molecule has 1 aliphatic rings. The molecule has 1 atom stereocenters. The summed E-state index contributed by atoms with van der Waals surface area (Å²) in [6.45, 7) is 6.29. The van der Waals surface area contributed by atoms with Gasteiger partial charge >= 0.3 is 6.41 Å². The van der Waals surface area contributed by atoms with Crippen molar-refractivity contribution in [3.05, 3.63) is 12.7 Å². The van der Waals surface area contributed by atoms with Gasteiger partial charge in [-0.25, -0.2) is 5.01 Å². The van der Waals surface area contributed by atoms with Crippen molar-refractivity contribution in [2.45, 2.75) is 12.5 Å². The first-order chi connectivity index (χ1) is 5.88. The van der Waals surface area contributed by atoms with E-state index in [1.165, 1.54) is 0 Å². The Bertz CT molecular complexity index is 142. The highest BCUT2D eigenvalue weighted by Gasteiger charge is 2.19. The van der Waals surface area contributed by atoms with E-state index < -0.39 is 0 Å². The van der Waals surface area contributed by atoms with Crippen molar-refractivity contribution < 1.29 is 4.79 Å². The molecule has 1 heterocycles. The lowest BCUT2D eigenvalue weighted by atomic mass is 10.1. The Hall–Kier alpha value is -0.870. The van der Waals surface area contributed by atoms with Crippen LogP contribution in [0.2, 0.25) is 0 Å². The molecule has 0 aliphatic carbocycles. The minimum Gasteiger partial charge on any atom is -0.314 e. The number of rotatable bonds is 4. The fourth-order valence-corrected chi connectivity index (χ4v) is 1.37. The van der Waals surface area contributed by atoms with Crippen molar-refractivity contribution in [1.29, 1.82) is 0 Å². The van der Waals surface area contributed by atoms with Gasteiger partial charge in [0.2, 0.25) is 0 Å². The van der Waals surface area contributed by atoms with Crippen molar-refractivity contribution in [1.82, 2.24) is 15.8 Å². The average Bonchev–Trinajstić information content (AvgIpc) is 2.09. The van der Waals surface area contributed by atoms with Crippen LogP contribution in [0.1, 0.15) is 6.42 Å². The van der Waals surface area contributed by atoms with E-state index in [9.17, 15) is 4.79 Å². The normalized spacial score (nSPS) is 24.8. The molecule has 1 amide bonds. The van der Waals surface area contributed by atoms with Gasteiger partial charge in [0.15, 0.2) is 0 Å². The highest BCUT2D eigenvalue weighted by Crippen LogP contribution is 2.03. The molecule has 0 aromatic carbocycles. The Morgan fingerprint density at radius 1 is 1.83 bits per heavy atom. The van der Waals surface area contributed by atoms with E-state index in [-0.39, 0.29) is 0 Å². The summed E-state index contributed by atoms with van der Waals surface area (Å²) >= 11 is 0. The maximum absolute atomic E-state index is 10.1. The summed E-state index contributed by atoms with van der Waals surface area (Å²) in [5, 5.41) is 5.14. The SMILES string of the molecule is C=CCC1CNCCN1N[C]=O. The van der Waals surface area contributed by atoms with Gasteiger partial charge in [0.05, 0.1) is 0 Å². The molecule has 1 radical (unpaired) electrons. The van der Waals surface area contributed by atoms with Gasteiger partial charge in [-0.3, -0.25) is 10.2 Å². The number of hydrazine groups is 1. The van der Waals surface area contributed by atoms with E-state index in [2.05, 4.69) is 17.3 Å². The Morgan fingerprint density at radius 2 is 2.67 bits per heavy atom. The van der Waals surface area contributed by atoms with Crippen molar-refractivity contribution in [2.75, 3.05) is 19.6 Å². The first-order valence-electron chi connectivity index (χ1n) is 4.09. The number of piperazine rings is 1. The van der Waals surface area contributed by atoms with Gasteiger partial charge in [-0.1, -0.05) is 6.08 Å². The summed E-state index contributed by atoms with van der Waals surface area (Å²) in [4.78, 5) is 10.1. The number of hydrogen-bond acceptors (Lipinski definition) is 3. The molecule has 4 heteroatoms. The molecule has 12 heavy (non-hydrogen) atoms. The summed E-state index contributed by atoms with van der Waals surface area (Å²) in [5.74, 6) is 0. The van der Waals surface area contributed by atoms with Crippen LogP contribution in [0.15, 0.2) is 12.7 Å². The van der Waals surface area contributed by atoms with E-state index in [1.807, 2.05) is 11.1 Å². The molecule has 0 saturated carbocycles. The van der Waals surface area contributed by atoms with Crippen molar-refractivity contribution in [3.8, 4) is 0 Å². The quantitative estimate of drug-likeness (QED) is 0.435. The number of carbonyl (C=O) groups excluding carboxylic acids is 1. The van der Waals surface area contributed by atoms with Gasteiger partial charge < -0.3 is 5.32 Å². The van der Waals surface area contributed by atoms with Crippen LogP contribution >= 0.6 is 0 Å². The predicted molar refractivity (Wildman–Crippen MR) is 47.0 cm³/mol. The van der Waals surface area contributed by atoms with Gasteiger partial charge in [-0.15, -0.1) is 6.58 Å². The van der Waals surface area contributed by atoms with Gasteiger partial charge in [0.1, 0.15) is 0 Å². The molecule has 0 aromatic rings. The zero-order chi connectivity index (χ0) is 8.81. The van der Waals surface area contributed by atoms with Crippen LogP contribution in [0, 0.1) is 0 Å². The molecule has 0 spiro atoms. The zero-order valence-corrected chi connectivity index (χ0v) is 7.05. The van der Waals surface area contributed by atoms with Crippen LogP contribution in [0.3, 0.4) is 0 Å². The van der Waals surface area contributed by atoms with Gasteiger partial charge in [-0.05, 0) is 6.42 Å². The van der Waals surface area contributed by atoms with E-state index in [4.69, 9.17) is 0 Å². The maximum Gasteiger partial charge on any atom is 0.324 e. The van der Waals surface area contributed by atoms with Crippen LogP contribution in [0.5, 0.6) is 0 Å². The predicted octanol–water partition coefficient (Wildman–Crippen LogP) is -0.592. The Morgan fingerprint density at radius 3 is 3.33 bits per heavy atom. The topological polar surface area (TPSA) is 44.4 Å². The van der Waals surface area contributed by atoms with Gasteiger partial charge in [0.25, 0.3) is 0 Å². The molecule has 2 N–H and O–H groups in total. The monoisotopic (exact) mass is 168 g/mol. The molecule has 1 fully saturated rings. The Kier molecular flexibility index (Phi) is 3.76. The molecule has 0 aromatic heterocycles. The van der Waals surface area contributed by atoms with Gasteiger partial charge in [0, 0.05) is 25.7 Å². The molecular weight excluding hydrogens is 154 g/mol. The second-order valence-corrected chi connectivity index (χ2v) is 2.79. The number of hydrogen-bond donors (Lipinski definition) is 2. The molecule has 1 rings (SSSR count). The van der Waals surface area contributed by atoms with E-state index in [0.717, 1.165) is 26.1 Å². The fraction of sp³-hybridized carbons (Fsp3) is 0.625. The van der Waals surface area contributed by atoms with Crippen molar-refractivity contribution >= 4 is 6.41 Å². The third-order valence-corrected chi connectivity index (χ3v) is 1.98. The maximum atomic E-state index is 10.1. The molecular formula is C8H14N3O. The highest BCUT2D eigenvalue weighted by atomic mass is 16.1. The minimum atomic E-state index is 0.317. The van der Waals surface area contributed by atoms with Crippen molar-refractivity contribution in [3.63, 3.8) is 0 Å². The molecule has 1 unspecified atom stereocenters. The van der Waals surface area contributed by atoms with Crippen molar-refractivity contribution in [2.24, 2.45) is 0 Å².